The summed E-state index contributed by atoms with van der Waals surface area (Å²) in [6, 6.07) is 16.8. The summed E-state index contributed by atoms with van der Waals surface area (Å²) in [6.07, 6.45) is 0. The fourth-order valence-electron chi connectivity index (χ4n) is 1.80. The minimum atomic E-state index is -0.672. The number of ether oxygens (including phenoxy) is 1. The highest BCUT2D eigenvalue weighted by molar-refractivity contribution is 6.30. The van der Waals surface area contributed by atoms with E-state index in [4.69, 9.17) is 16.3 Å². The number of alkyl halides is 1. The molecule has 1 N–H and O–H groups in total. The SMILES string of the molecule is COc1ccc(CNC(=O)C(Cl)c2ccccc2)cc1. The summed E-state index contributed by atoms with van der Waals surface area (Å²) < 4.78 is 5.08. The molecule has 0 saturated heterocycles. The van der Waals surface area contributed by atoms with Crippen LogP contribution in [0.4, 0.5) is 0 Å². The molecule has 4 heteroatoms. The van der Waals surface area contributed by atoms with Crippen LogP contribution in [0, 0.1) is 0 Å². The van der Waals surface area contributed by atoms with Crippen molar-refractivity contribution < 1.29 is 9.53 Å². The molecule has 0 aliphatic carbocycles. The Kier molecular flexibility index (Phi) is 5.02. The van der Waals surface area contributed by atoms with Gasteiger partial charge in [-0.25, -0.2) is 0 Å². The molecule has 2 rings (SSSR count). The predicted octanol–water partition coefficient (Wildman–Crippen LogP) is 3.29. The first-order chi connectivity index (χ1) is 9.70. The van der Waals surface area contributed by atoms with Crippen molar-refractivity contribution in [2.75, 3.05) is 7.11 Å². The summed E-state index contributed by atoms with van der Waals surface area (Å²) >= 11 is 6.14. The van der Waals surface area contributed by atoms with E-state index in [0.717, 1.165) is 16.9 Å². The van der Waals surface area contributed by atoms with Crippen molar-refractivity contribution in [2.24, 2.45) is 0 Å². The number of methoxy groups -OCH3 is 1. The maximum absolute atomic E-state index is 12.0. The molecule has 1 amide bonds. The Hall–Kier alpha value is -2.00. The number of nitrogens with one attached hydrogen (secondary N) is 1. The molecule has 20 heavy (non-hydrogen) atoms. The van der Waals surface area contributed by atoms with Crippen molar-refractivity contribution in [3.05, 3.63) is 65.7 Å². The van der Waals surface area contributed by atoms with Gasteiger partial charge in [0.1, 0.15) is 11.1 Å². The van der Waals surface area contributed by atoms with Gasteiger partial charge in [0.05, 0.1) is 7.11 Å². The van der Waals surface area contributed by atoms with Gasteiger partial charge in [0.2, 0.25) is 5.91 Å². The summed E-state index contributed by atoms with van der Waals surface area (Å²) in [4.78, 5) is 12.0. The highest BCUT2D eigenvalue weighted by atomic mass is 35.5. The quantitative estimate of drug-likeness (QED) is 0.858. The molecule has 0 bridgehead atoms. The largest absolute Gasteiger partial charge is 0.497 e. The normalized spacial score (nSPS) is 11.7. The second-order valence-electron chi connectivity index (χ2n) is 4.34. The lowest BCUT2D eigenvalue weighted by Gasteiger charge is -2.11. The number of carbonyl (C=O) groups is 1. The molecule has 0 aliphatic heterocycles. The highest BCUT2D eigenvalue weighted by Crippen LogP contribution is 2.20. The number of hydrogen-bond donors (Lipinski definition) is 1. The zero-order valence-electron chi connectivity index (χ0n) is 11.2. The molecule has 0 aromatic heterocycles. The van der Waals surface area contributed by atoms with Crippen LogP contribution in [-0.4, -0.2) is 13.0 Å². The molecule has 1 unspecified atom stereocenters. The third-order valence-corrected chi connectivity index (χ3v) is 3.40. The molecule has 3 nitrogen and oxygen atoms in total. The standard InChI is InChI=1S/C16H16ClNO2/c1-20-14-9-7-12(8-10-14)11-18-16(19)15(17)13-5-3-2-4-6-13/h2-10,15H,11H2,1H3,(H,18,19). The molecule has 2 aromatic rings. The molecule has 0 spiro atoms. The fraction of sp³-hybridized carbons (Fsp3) is 0.188. The Balaban J connectivity index is 1.91. The Labute approximate surface area is 123 Å². The van der Waals surface area contributed by atoms with Crippen molar-refractivity contribution >= 4 is 17.5 Å². The van der Waals surface area contributed by atoms with Gasteiger partial charge in [-0.1, -0.05) is 42.5 Å². The van der Waals surface area contributed by atoms with Crippen LogP contribution < -0.4 is 10.1 Å². The van der Waals surface area contributed by atoms with Crippen molar-refractivity contribution in [3.8, 4) is 5.75 Å². The van der Waals surface area contributed by atoms with Gasteiger partial charge in [0, 0.05) is 6.54 Å². The van der Waals surface area contributed by atoms with E-state index in [1.165, 1.54) is 0 Å². The maximum Gasteiger partial charge on any atom is 0.242 e. The Morgan fingerprint density at radius 2 is 1.80 bits per heavy atom. The van der Waals surface area contributed by atoms with Gasteiger partial charge in [-0.05, 0) is 23.3 Å². The van der Waals surface area contributed by atoms with Crippen LogP contribution >= 0.6 is 11.6 Å². The van der Waals surface area contributed by atoms with Crippen LogP contribution in [0.5, 0.6) is 5.75 Å². The Morgan fingerprint density at radius 1 is 1.15 bits per heavy atom. The first-order valence-corrected chi connectivity index (χ1v) is 6.74. The number of carbonyl (C=O) groups excluding carboxylic acids is 1. The van der Waals surface area contributed by atoms with E-state index in [0.29, 0.717) is 6.54 Å². The predicted molar refractivity (Wildman–Crippen MR) is 79.9 cm³/mol. The molecule has 2 aromatic carbocycles. The molecule has 0 aliphatic rings. The lowest BCUT2D eigenvalue weighted by Crippen LogP contribution is -2.26. The molecular weight excluding hydrogens is 274 g/mol. The summed E-state index contributed by atoms with van der Waals surface area (Å²) in [7, 11) is 1.62. The third-order valence-electron chi connectivity index (χ3n) is 2.95. The smallest absolute Gasteiger partial charge is 0.242 e. The van der Waals surface area contributed by atoms with Gasteiger partial charge in [-0.2, -0.15) is 0 Å². The average Bonchev–Trinajstić information content (AvgIpc) is 2.53. The van der Waals surface area contributed by atoms with Crippen LogP contribution in [0.2, 0.25) is 0 Å². The zero-order chi connectivity index (χ0) is 14.4. The summed E-state index contributed by atoms with van der Waals surface area (Å²) in [6.45, 7) is 0.443. The Bertz CT molecular complexity index is 554. The third kappa shape index (κ3) is 3.75. The summed E-state index contributed by atoms with van der Waals surface area (Å²) in [5.41, 5.74) is 1.79. The van der Waals surface area contributed by atoms with Gasteiger partial charge in [0.15, 0.2) is 0 Å². The van der Waals surface area contributed by atoms with Crippen LogP contribution in [0.25, 0.3) is 0 Å². The monoisotopic (exact) mass is 289 g/mol. The molecule has 1 atom stereocenters. The van der Waals surface area contributed by atoms with Crippen molar-refractivity contribution in [3.63, 3.8) is 0 Å². The molecule has 0 saturated carbocycles. The van der Waals surface area contributed by atoms with E-state index < -0.39 is 5.38 Å². The van der Waals surface area contributed by atoms with Gasteiger partial charge in [-0.3, -0.25) is 4.79 Å². The molecule has 104 valence electrons. The lowest BCUT2D eigenvalue weighted by molar-refractivity contribution is -0.121. The first-order valence-electron chi connectivity index (χ1n) is 6.30. The minimum Gasteiger partial charge on any atom is -0.497 e. The molecule has 0 radical (unpaired) electrons. The van der Waals surface area contributed by atoms with E-state index in [1.807, 2.05) is 54.6 Å². The summed E-state index contributed by atoms with van der Waals surface area (Å²) in [5, 5.41) is 2.15. The van der Waals surface area contributed by atoms with E-state index in [1.54, 1.807) is 7.11 Å². The highest BCUT2D eigenvalue weighted by Gasteiger charge is 2.16. The van der Waals surface area contributed by atoms with E-state index in [9.17, 15) is 4.79 Å². The van der Waals surface area contributed by atoms with Gasteiger partial charge < -0.3 is 10.1 Å². The molecular formula is C16H16ClNO2. The molecule has 0 fully saturated rings. The summed E-state index contributed by atoms with van der Waals surface area (Å²) in [5.74, 6) is 0.591. The van der Waals surface area contributed by atoms with Crippen LogP contribution in [0.3, 0.4) is 0 Å². The lowest BCUT2D eigenvalue weighted by atomic mass is 10.1. The van der Waals surface area contributed by atoms with Gasteiger partial charge in [-0.15, -0.1) is 11.6 Å². The second-order valence-corrected chi connectivity index (χ2v) is 4.78. The fourth-order valence-corrected chi connectivity index (χ4v) is 2.02. The van der Waals surface area contributed by atoms with Gasteiger partial charge >= 0.3 is 0 Å². The van der Waals surface area contributed by atoms with Crippen molar-refractivity contribution in [1.29, 1.82) is 0 Å². The van der Waals surface area contributed by atoms with Crippen LogP contribution in [0.15, 0.2) is 54.6 Å². The Morgan fingerprint density at radius 3 is 2.40 bits per heavy atom. The zero-order valence-corrected chi connectivity index (χ0v) is 11.9. The number of rotatable bonds is 5. The number of benzene rings is 2. The molecule has 0 heterocycles. The van der Waals surface area contributed by atoms with Gasteiger partial charge in [0.25, 0.3) is 0 Å². The van der Waals surface area contributed by atoms with Crippen molar-refractivity contribution in [2.45, 2.75) is 11.9 Å². The van der Waals surface area contributed by atoms with Crippen LogP contribution in [-0.2, 0) is 11.3 Å². The number of hydrogen-bond acceptors (Lipinski definition) is 2. The second kappa shape index (κ2) is 6.96. The number of halogens is 1. The minimum absolute atomic E-state index is 0.200. The van der Waals surface area contributed by atoms with E-state index in [2.05, 4.69) is 5.32 Å². The maximum atomic E-state index is 12.0. The number of amides is 1. The van der Waals surface area contributed by atoms with Crippen LogP contribution in [0.1, 0.15) is 16.5 Å². The van der Waals surface area contributed by atoms with Crippen molar-refractivity contribution in [1.82, 2.24) is 5.32 Å². The topological polar surface area (TPSA) is 38.3 Å². The first kappa shape index (κ1) is 14.4. The van der Waals surface area contributed by atoms with E-state index in [-0.39, 0.29) is 5.91 Å². The van der Waals surface area contributed by atoms with E-state index >= 15 is 0 Å². The average molecular weight is 290 g/mol.